The Kier molecular flexibility index (Phi) is 3.69. The molecule has 0 saturated carbocycles. The number of phenols is 1. The van der Waals surface area contributed by atoms with Crippen LogP contribution >= 0.6 is 0 Å². The van der Waals surface area contributed by atoms with E-state index in [0.717, 1.165) is 12.0 Å². The monoisotopic (exact) mass is 204 g/mol. The van der Waals surface area contributed by atoms with Crippen LogP contribution in [0.1, 0.15) is 18.9 Å². The third kappa shape index (κ3) is 2.99. The van der Waals surface area contributed by atoms with Gasteiger partial charge in [-0.1, -0.05) is 13.0 Å². The third-order valence-electron chi connectivity index (χ3n) is 1.98. The van der Waals surface area contributed by atoms with Crippen LogP contribution in [0.15, 0.2) is 18.2 Å². The van der Waals surface area contributed by atoms with Crippen LogP contribution in [-0.4, -0.2) is 11.0 Å². The summed E-state index contributed by atoms with van der Waals surface area (Å²) in [5, 5.41) is 20.3. The smallest absolute Gasteiger partial charge is 0.238 e. The first kappa shape index (κ1) is 11.1. The molecule has 1 amide bonds. The summed E-state index contributed by atoms with van der Waals surface area (Å²) in [4.78, 5) is 11.1. The zero-order chi connectivity index (χ0) is 11.3. The van der Waals surface area contributed by atoms with Crippen molar-refractivity contribution in [3.63, 3.8) is 0 Å². The normalized spacial score (nSPS) is 9.33. The molecule has 1 aromatic rings. The van der Waals surface area contributed by atoms with E-state index in [1.807, 2.05) is 13.0 Å². The van der Waals surface area contributed by atoms with E-state index in [0.29, 0.717) is 5.69 Å². The SMILES string of the molecule is CCc1ccc(NC(=O)CC#N)c(O)c1. The minimum Gasteiger partial charge on any atom is -0.506 e. The van der Waals surface area contributed by atoms with Crippen molar-refractivity contribution in [3.8, 4) is 11.8 Å². The number of phenolic OH excluding ortho intramolecular Hbond substituents is 1. The molecule has 15 heavy (non-hydrogen) atoms. The average Bonchev–Trinajstić information content (AvgIpc) is 2.21. The molecule has 4 heteroatoms. The van der Waals surface area contributed by atoms with Crippen LogP contribution in [0, 0.1) is 11.3 Å². The van der Waals surface area contributed by atoms with Gasteiger partial charge in [0.05, 0.1) is 11.8 Å². The molecule has 0 atom stereocenters. The minimum absolute atomic E-state index is 0.0284. The summed E-state index contributed by atoms with van der Waals surface area (Å²) in [5.41, 5.74) is 1.33. The minimum atomic E-state index is -0.419. The molecule has 0 aromatic heterocycles. The Bertz CT molecular complexity index is 408. The lowest BCUT2D eigenvalue weighted by Gasteiger charge is -2.06. The molecule has 0 radical (unpaired) electrons. The molecule has 0 saturated heterocycles. The summed E-state index contributed by atoms with van der Waals surface area (Å²) in [6, 6.07) is 6.78. The van der Waals surface area contributed by atoms with E-state index < -0.39 is 5.91 Å². The first-order valence-electron chi connectivity index (χ1n) is 4.66. The Morgan fingerprint density at radius 3 is 2.87 bits per heavy atom. The Balaban J connectivity index is 2.79. The molecular formula is C11H12N2O2. The number of carbonyl (C=O) groups excluding carboxylic acids is 1. The van der Waals surface area contributed by atoms with E-state index in [9.17, 15) is 9.90 Å². The number of carbonyl (C=O) groups is 1. The number of nitrogens with zero attached hydrogens (tertiary/aromatic N) is 1. The largest absolute Gasteiger partial charge is 0.506 e. The quantitative estimate of drug-likeness (QED) is 0.737. The Morgan fingerprint density at radius 2 is 2.33 bits per heavy atom. The topological polar surface area (TPSA) is 73.1 Å². The van der Waals surface area contributed by atoms with Crippen molar-refractivity contribution in [2.45, 2.75) is 19.8 Å². The fourth-order valence-corrected chi connectivity index (χ4v) is 1.17. The molecule has 0 aliphatic heterocycles. The van der Waals surface area contributed by atoms with Gasteiger partial charge in [-0.05, 0) is 24.1 Å². The van der Waals surface area contributed by atoms with Crippen molar-refractivity contribution in [1.82, 2.24) is 0 Å². The van der Waals surface area contributed by atoms with Crippen LogP contribution < -0.4 is 5.32 Å². The van der Waals surface area contributed by atoms with Gasteiger partial charge >= 0.3 is 0 Å². The highest BCUT2D eigenvalue weighted by Crippen LogP contribution is 2.24. The van der Waals surface area contributed by atoms with Crippen LogP contribution in [0.5, 0.6) is 5.75 Å². The Morgan fingerprint density at radius 1 is 1.60 bits per heavy atom. The summed E-state index contributed by atoms with van der Waals surface area (Å²) >= 11 is 0. The number of nitrogens with one attached hydrogen (secondary N) is 1. The fourth-order valence-electron chi connectivity index (χ4n) is 1.17. The van der Waals surface area contributed by atoms with Gasteiger partial charge in [-0.15, -0.1) is 0 Å². The highest BCUT2D eigenvalue weighted by Gasteiger charge is 2.05. The maximum atomic E-state index is 11.1. The lowest BCUT2D eigenvalue weighted by atomic mass is 10.1. The van der Waals surface area contributed by atoms with E-state index >= 15 is 0 Å². The molecular weight excluding hydrogens is 192 g/mol. The maximum absolute atomic E-state index is 11.1. The molecule has 1 aromatic carbocycles. The van der Waals surface area contributed by atoms with Gasteiger partial charge in [0, 0.05) is 0 Å². The Hall–Kier alpha value is -2.02. The molecule has 2 N–H and O–H groups in total. The van der Waals surface area contributed by atoms with Gasteiger partial charge in [-0.3, -0.25) is 4.79 Å². The molecule has 0 fully saturated rings. The predicted molar refractivity (Wildman–Crippen MR) is 56.3 cm³/mol. The number of amides is 1. The van der Waals surface area contributed by atoms with Crippen LogP contribution in [0.25, 0.3) is 0 Å². The number of rotatable bonds is 3. The number of hydrogen-bond acceptors (Lipinski definition) is 3. The van der Waals surface area contributed by atoms with Crippen LogP contribution in [0.3, 0.4) is 0 Å². The third-order valence-corrected chi connectivity index (χ3v) is 1.98. The predicted octanol–water partition coefficient (Wildman–Crippen LogP) is 1.81. The number of hydrogen-bond donors (Lipinski definition) is 2. The summed E-state index contributed by atoms with van der Waals surface area (Å²) < 4.78 is 0. The van der Waals surface area contributed by atoms with Crippen LogP contribution in [0.4, 0.5) is 5.69 Å². The fraction of sp³-hybridized carbons (Fsp3) is 0.273. The van der Waals surface area contributed by atoms with Gasteiger partial charge in [-0.2, -0.15) is 5.26 Å². The van der Waals surface area contributed by atoms with E-state index in [4.69, 9.17) is 5.26 Å². The van der Waals surface area contributed by atoms with E-state index in [1.54, 1.807) is 18.2 Å². The van der Waals surface area contributed by atoms with Crippen molar-refractivity contribution >= 4 is 11.6 Å². The second-order valence-electron chi connectivity index (χ2n) is 3.09. The molecule has 78 valence electrons. The molecule has 0 bridgehead atoms. The summed E-state index contributed by atoms with van der Waals surface area (Å²) in [7, 11) is 0. The van der Waals surface area contributed by atoms with Gasteiger partial charge in [0.15, 0.2) is 0 Å². The van der Waals surface area contributed by atoms with Crippen LogP contribution in [0.2, 0.25) is 0 Å². The van der Waals surface area contributed by atoms with Crippen molar-refractivity contribution in [3.05, 3.63) is 23.8 Å². The van der Waals surface area contributed by atoms with Crippen molar-refractivity contribution in [2.24, 2.45) is 0 Å². The molecule has 0 aliphatic rings. The second kappa shape index (κ2) is 5.01. The summed E-state index contributed by atoms with van der Waals surface area (Å²) in [6.07, 6.45) is 0.606. The first-order chi connectivity index (χ1) is 7.17. The number of aromatic hydroxyl groups is 1. The lowest BCUT2D eigenvalue weighted by molar-refractivity contribution is -0.115. The molecule has 0 heterocycles. The zero-order valence-corrected chi connectivity index (χ0v) is 8.45. The number of aryl methyl sites for hydroxylation is 1. The van der Waals surface area contributed by atoms with Crippen molar-refractivity contribution in [1.29, 1.82) is 5.26 Å². The summed E-state index contributed by atoms with van der Waals surface area (Å²) in [6.45, 7) is 1.97. The van der Waals surface area contributed by atoms with Gasteiger partial charge in [0.1, 0.15) is 12.2 Å². The van der Waals surface area contributed by atoms with Gasteiger partial charge in [-0.25, -0.2) is 0 Å². The van der Waals surface area contributed by atoms with Gasteiger partial charge < -0.3 is 10.4 Å². The van der Waals surface area contributed by atoms with Gasteiger partial charge in [0.2, 0.25) is 5.91 Å². The van der Waals surface area contributed by atoms with Crippen molar-refractivity contribution < 1.29 is 9.90 Å². The number of nitriles is 1. The molecule has 4 nitrogen and oxygen atoms in total. The molecule has 0 spiro atoms. The Labute approximate surface area is 88.2 Å². The maximum Gasteiger partial charge on any atom is 0.238 e. The molecule has 1 rings (SSSR count). The standard InChI is InChI=1S/C11H12N2O2/c1-2-8-3-4-9(10(14)7-8)13-11(15)5-6-12/h3-4,7,14H,2,5H2,1H3,(H,13,15). The highest BCUT2D eigenvalue weighted by molar-refractivity contribution is 5.93. The molecule has 0 unspecified atom stereocenters. The summed E-state index contributed by atoms with van der Waals surface area (Å²) in [5.74, 6) is -0.391. The van der Waals surface area contributed by atoms with Crippen LogP contribution in [-0.2, 0) is 11.2 Å². The number of anilines is 1. The highest BCUT2D eigenvalue weighted by atomic mass is 16.3. The lowest BCUT2D eigenvalue weighted by Crippen LogP contribution is -2.10. The van der Waals surface area contributed by atoms with E-state index in [2.05, 4.69) is 5.32 Å². The second-order valence-corrected chi connectivity index (χ2v) is 3.09. The van der Waals surface area contributed by atoms with Crippen molar-refractivity contribution in [2.75, 3.05) is 5.32 Å². The van der Waals surface area contributed by atoms with Gasteiger partial charge in [0.25, 0.3) is 0 Å². The number of benzene rings is 1. The molecule has 0 aliphatic carbocycles. The zero-order valence-electron chi connectivity index (χ0n) is 8.45. The average molecular weight is 204 g/mol. The first-order valence-corrected chi connectivity index (χ1v) is 4.66. The van der Waals surface area contributed by atoms with E-state index in [-0.39, 0.29) is 12.2 Å². The van der Waals surface area contributed by atoms with E-state index in [1.165, 1.54) is 0 Å².